The van der Waals surface area contributed by atoms with Crippen LogP contribution in [-0.2, 0) is 27.1 Å². The molecule has 0 bridgehead atoms. The first-order valence-electron chi connectivity index (χ1n) is 47.0. The van der Waals surface area contributed by atoms with Gasteiger partial charge in [-0.05, 0) is 235 Å². The van der Waals surface area contributed by atoms with Gasteiger partial charge in [-0.3, -0.25) is 0 Å². The highest BCUT2D eigenvalue weighted by Crippen LogP contribution is 2.63. The summed E-state index contributed by atoms with van der Waals surface area (Å²) in [4.78, 5) is 10.7. The van der Waals surface area contributed by atoms with Crippen LogP contribution in [-0.4, -0.2) is 6.71 Å². The molecule has 4 aliphatic heterocycles. The molecule has 0 fully saturated rings. The van der Waals surface area contributed by atoms with Crippen molar-refractivity contribution in [1.29, 1.82) is 0 Å². The molecular formula is C128H103BN4. The van der Waals surface area contributed by atoms with E-state index in [-0.39, 0.29) is 17.5 Å². The van der Waals surface area contributed by atoms with Gasteiger partial charge in [0.2, 0.25) is 0 Å². The Morgan fingerprint density at radius 2 is 0.436 bits per heavy atom. The fourth-order valence-electron chi connectivity index (χ4n) is 22.3. The van der Waals surface area contributed by atoms with Crippen LogP contribution in [0, 0.1) is 0 Å². The SMILES string of the molecule is CC(C)(C)c1cc(-c2ccccc2)c(N2c3cc(N4c5ccccc5C(c5ccccc5)(c5ccccc5)c5ccccc54)ccc3B3c4ccc(N5c6ccccc6C(c6ccccc6)(c6ccccc6)c6ccccc65)cc4N(c4c(-c5cccc(-c6ccccc6)c5)cc(C(C)(C)C)cc4-c4cccc(-c5ccccc5)c4)c4cc(C(C)(C)C)cc2c43)c(-c2ccccc2)c1. The Labute approximate surface area is 783 Å². The quantitative estimate of drug-likeness (QED) is 0.101. The summed E-state index contributed by atoms with van der Waals surface area (Å²) < 4.78 is 0. The Balaban J connectivity index is 0.882. The molecule has 4 aliphatic rings. The minimum atomic E-state index is -0.706. The second-order valence-electron chi connectivity index (χ2n) is 39.4. The highest BCUT2D eigenvalue weighted by Gasteiger charge is 2.52. The summed E-state index contributed by atoms with van der Waals surface area (Å²) in [5.74, 6) is 0. The zero-order valence-electron chi connectivity index (χ0n) is 76.7. The molecule has 5 heteroatoms. The molecule has 0 aliphatic carbocycles. The van der Waals surface area contributed by atoms with Crippen LogP contribution in [0.3, 0.4) is 0 Å². The lowest BCUT2D eigenvalue weighted by molar-refractivity contribution is 0.590. The van der Waals surface area contributed by atoms with Crippen molar-refractivity contribution in [3.05, 3.63) is 522 Å². The normalized spacial score (nSPS) is 13.8. The Morgan fingerprint density at radius 3 is 0.737 bits per heavy atom. The number of fused-ring (bicyclic) bond motifs is 8. The van der Waals surface area contributed by atoms with Crippen molar-refractivity contribution in [3.63, 3.8) is 0 Å². The number of nitrogens with zero attached hydrogens (tertiary/aromatic N) is 4. The van der Waals surface area contributed by atoms with E-state index in [0.717, 1.165) is 135 Å². The van der Waals surface area contributed by atoms with E-state index < -0.39 is 16.2 Å². The Hall–Kier alpha value is -15.6. The molecule has 0 unspecified atom stereocenters. The third-order valence-electron chi connectivity index (χ3n) is 28.6. The van der Waals surface area contributed by atoms with Crippen molar-refractivity contribution in [2.24, 2.45) is 0 Å². The molecule has 19 aromatic rings. The van der Waals surface area contributed by atoms with Gasteiger partial charge in [-0.25, -0.2) is 0 Å². The van der Waals surface area contributed by atoms with E-state index >= 15 is 0 Å². The second kappa shape index (κ2) is 32.2. The van der Waals surface area contributed by atoms with Crippen molar-refractivity contribution in [3.8, 4) is 66.8 Å². The van der Waals surface area contributed by atoms with Gasteiger partial charge in [-0.1, -0.05) is 426 Å². The number of rotatable bonds is 14. The minimum absolute atomic E-state index is 0.258. The van der Waals surface area contributed by atoms with Gasteiger partial charge in [0.05, 0.1) is 45.0 Å². The van der Waals surface area contributed by atoms with Crippen molar-refractivity contribution in [2.45, 2.75) is 89.4 Å². The zero-order valence-corrected chi connectivity index (χ0v) is 76.7. The number of anilines is 12. The summed E-state index contributed by atoms with van der Waals surface area (Å²) in [7, 11) is 0. The van der Waals surface area contributed by atoms with Crippen LogP contribution in [0.15, 0.2) is 461 Å². The van der Waals surface area contributed by atoms with Crippen molar-refractivity contribution >= 4 is 91.3 Å². The monoisotopic (exact) mass is 1710 g/mol. The largest absolute Gasteiger partial charge is 0.310 e. The number of para-hydroxylation sites is 4. The summed E-state index contributed by atoms with van der Waals surface area (Å²) in [6.45, 7) is 21.2. The molecule has 19 aromatic carbocycles. The lowest BCUT2D eigenvalue weighted by Crippen LogP contribution is -2.61. The first-order valence-corrected chi connectivity index (χ1v) is 47.0. The third kappa shape index (κ3) is 13.5. The second-order valence-corrected chi connectivity index (χ2v) is 39.4. The van der Waals surface area contributed by atoms with Crippen LogP contribution < -0.4 is 36.0 Å². The maximum absolute atomic E-state index is 2.79. The molecule has 0 aromatic heterocycles. The average molecular weight is 1710 g/mol. The van der Waals surface area contributed by atoms with Gasteiger partial charge in [0.25, 0.3) is 6.71 Å². The van der Waals surface area contributed by atoms with Crippen LogP contribution in [0.4, 0.5) is 68.2 Å². The van der Waals surface area contributed by atoms with Crippen LogP contribution >= 0.6 is 0 Å². The summed E-state index contributed by atoms with van der Waals surface area (Å²) in [5, 5.41) is 0. The standard InChI is InChI=1S/C128H103BN4/c1-124(2,3)98-78-103(88-48-22-12-23-49-88)122(104(79-98)89-50-24-13-25-51-89)132-117-84-101(130-113-68-38-34-64-107(113)127(94-56-26-14-27-57-94,95-58-28-15-29-59-95)108-65-35-39-69-114(108)130)72-74-111(117)129-112-75-73-102(131-115-70-40-36-66-109(115)128(96-60-30-16-31-61-96,97-62-32-17-33-63-97)110-67-37-41-71-116(110)131)85-118(112)133(120-83-100(126(7,8)9)82-119(132)121(120)129)123-105(92-54-42-52-90(76-92)86-44-18-10-19-45-86)80-99(125(4,5)6)81-106(123)93-55-43-53-91(77-93)87-46-20-11-21-47-87/h10-85H,1-9H3. The molecule has 0 saturated carbocycles. The maximum Gasteiger partial charge on any atom is 0.252 e. The first-order chi connectivity index (χ1) is 64.9. The summed E-state index contributed by atoms with van der Waals surface area (Å²) in [6.07, 6.45) is 0. The van der Waals surface area contributed by atoms with Gasteiger partial charge in [-0.2, -0.15) is 0 Å². The maximum atomic E-state index is 2.79. The number of benzene rings is 19. The molecular weight excluding hydrogens is 1600 g/mol. The molecule has 4 nitrogen and oxygen atoms in total. The number of hydrogen-bond donors (Lipinski definition) is 0. The molecule has 4 heterocycles. The van der Waals surface area contributed by atoms with E-state index in [1.165, 1.54) is 77.6 Å². The van der Waals surface area contributed by atoms with Crippen LogP contribution in [0.5, 0.6) is 0 Å². The summed E-state index contributed by atoms with van der Waals surface area (Å²) >= 11 is 0. The summed E-state index contributed by atoms with van der Waals surface area (Å²) in [5.41, 5.74) is 41.2. The molecule has 0 radical (unpaired) electrons. The van der Waals surface area contributed by atoms with Gasteiger partial charge >= 0.3 is 0 Å². The predicted molar refractivity (Wildman–Crippen MR) is 562 cm³/mol. The highest BCUT2D eigenvalue weighted by atomic mass is 15.2. The van der Waals surface area contributed by atoms with Gasteiger partial charge in [-0.15, -0.1) is 0 Å². The zero-order chi connectivity index (χ0) is 90.1. The van der Waals surface area contributed by atoms with Crippen LogP contribution in [0.2, 0.25) is 0 Å². The molecule has 133 heavy (non-hydrogen) atoms. The molecule has 23 rings (SSSR count). The van der Waals surface area contributed by atoms with Crippen molar-refractivity contribution in [1.82, 2.24) is 0 Å². The Kier molecular flexibility index (Phi) is 19.8. The van der Waals surface area contributed by atoms with Crippen molar-refractivity contribution in [2.75, 3.05) is 19.6 Å². The van der Waals surface area contributed by atoms with E-state index in [1.807, 2.05) is 0 Å². The predicted octanol–water partition coefficient (Wildman–Crippen LogP) is 32.0. The van der Waals surface area contributed by atoms with Crippen LogP contribution in [0.25, 0.3) is 66.8 Å². The van der Waals surface area contributed by atoms with Crippen LogP contribution in [0.1, 0.15) is 124 Å². The van der Waals surface area contributed by atoms with E-state index in [4.69, 9.17) is 0 Å². The summed E-state index contributed by atoms with van der Waals surface area (Å²) in [6, 6.07) is 176. The van der Waals surface area contributed by atoms with E-state index in [0.29, 0.717) is 0 Å². The lowest BCUT2D eigenvalue weighted by atomic mass is 9.33. The van der Waals surface area contributed by atoms with Gasteiger partial charge in [0, 0.05) is 56.4 Å². The smallest absolute Gasteiger partial charge is 0.252 e. The molecule has 0 N–H and O–H groups in total. The molecule has 638 valence electrons. The van der Waals surface area contributed by atoms with Gasteiger partial charge in [0.1, 0.15) is 0 Å². The fourth-order valence-corrected chi connectivity index (χ4v) is 22.3. The molecule has 0 atom stereocenters. The first kappa shape index (κ1) is 81.9. The van der Waals surface area contributed by atoms with Gasteiger partial charge < -0.3 is 19.6 Å². The topological polar surface area (TPSA) is 13.0 Å². The highest BCUT2D eigenvalue weighted by molar-refractivity contribution is 7.00. The van der Waals surface area contributed by atoms with E-state index in [2.05, 4.69) is 543 Å². The van der Waals surface area contributed by atoms with E-state index in [1.54, 1.807) is 0 Å². The lowest BCUT2D eigenvalue weighted by Gasteiger charge is -2.48. The van der Waals surface area contributed by atoms with Gasteiger partial charge in [0.15, 0.2) is 0 Å². The Morgan fingerprint density at radius 1 is 0.188 bits per heavy atom. The molecule has 0 amide bonds. The minimum Gasteiger partial charge on any atom is -0.310 e. The third-order valence-corrected chi connectivity index (χ3v) is 28.6. The fraction of sp³-hybridized carbons (Fsp3) is 0.109. The van der Waals surface area contributed by atoms with Crippen molar-refractivity contribution < 1.29 is 0 Å². The molecule has 0 spiro atoms. The Bertz CT molecular complexity index is 7340. The van der Waals surface area contributed by atoms with E-state index in [9.17, 15) is 0 Å². The average Bonchev–Trinajstić information content (AvgIpc) is 0.680. The number of hydrogen-bond acceptors (Lipinski definition) is 4. The molecule has 0 saturated heterocycles.